The third-order valence-corrected chi connectivity index (χ3v) is 24.8. The van der Waals surface area contributed by atoms with Crippen LogP contribution >= 0.6 is 0 Å². The number of esters is 1. The summed E-state index contributed by atoms with van der Waals surface area (Å²) in [5, 5.41) is 12.8. The molecule has 99 heavy (non-hydrogen) atoms. The van der Waals surface area contributed by atoms with Crippen LogP contribution in [0.4, 0.5) is 0 Å². The molecule has 4 aliphatic carbocycles. The van der Waals surface area contributed by atoms with Crippen LogP contribution in [0.5, 0.6) is 5.75 Å². The second-order valence-electron chi connectivity index (χ2n) is 29.5. The molecule has 1 aromatic heterocycles. The molecule has 4 amide bonds. The van der Waals surface area contributed by atoms with E-state index in [1.165, 1.54) is 5.57 Å². The Hall–Kier alpha value is -6.59. The second kappa shape index (κ2) is 33.5. The average molecular weight is 1430 g/mol. The first kappa shape index (κ1) is 78.1. The lowest BCUT2D eigenvalue weighted by Gasteiger charge is -2.59. The fourth-order valence-electron chi connectivity index (χ4n) is 16.3. The van der Waals surface area contributed by atoms with Gasteiger partial charge in [-0.3, -0.25) is 37.9 Å². The molecule has 4 aromatic rings. The lowest BCUT2D eigenvalue weighted by atomic mass is 9.44. The number of aromatic nitrogens is 1. The summed E-state index contributed by atoms with van der Waals surface area (Å²) < 4.78 is 102. The largest absolute Gasteiger partial charge is 0.422 e. The molecule has 4 aliphatic rings. The van der Waals surface area contributed by atoms with Crippen LogP contribution in [0.25, 0.3) is 21.8 Å². The predicted molar refractivity (Wildman–Crippen MR) is 378 cm³/mol. The lowest BCUT2D eigenvalue weighted by molar-refractivity contribution is -0.909. The molecule has 3 saturated carbocycles. The number of rotatable bonds is 37. The number of fused-ring (bicyclic) bond motifs is 7. The minimum Gasteiger partial charge on any atom is -0.422 e. The number of carbonyl (C=O) groups is 7. The van der Waals surface area contributed by atoms with E-state index in [0.29, 0.717) is 167 Å². The molecular formula is C72H105N8O16S3+3. The van der Waals surface area contributed by atoms with E-state index >= 15 is 0 Å². The number of Topliss-reactive ketones (excluding diaryl/α,β-unsaturated/α-hetero) is 1. The van der Waals surface area contributed by atoms with Crippen molar-refractivity contribution in [3.8, 4) is 5.75 Å². The van der Waals surface area contributed by atoms with Crippen molar-refractivity contribution in [3.05, 3.63) is 94.6 Å². The van der Waals surface area contributed by atoms with Gasteiger partial charge in [0.05, 0.1) is 94.0 Å². The number of amides is 4. The van der Waals surface area contributed by atoms with Crippen LogP contribution in [0.2, 0.25) is 0 Å². The number of nitrogens with one attached hydrogen (secondary N) is 5. The molecule has 7 atom stereocenters. The van der Waals surface area contributed by atoms with Crippen molar-refractivity contribution in [2.75, 3.05) is 104 Å². The number of sulfonamides is 1. The molecule has 1 heterocycles. The molecule has 0 spiro atoms. The zero-order valence-electron chi connectivity index (χ0n) is 58.8. The number of likely N-dealkylation sites (N-methyl/N-ethyl adjacent to an activating group) is 1. The van der Waals surface area contributed by atoms with Crippen molar-refractivity contribution in [1.29, 1.82) is 0 Å². The van der Waals surface area contributed by atoms with Crippen LogP contribution in [0, 0.1) is 48.3 Å². The van der Waals surface area contributed by atoms with Gasteiger partial charge in [0, 0.05) is 113 Å². The molecule has 0 saturated heterocycles. The van der Waals surface area contributed by atoms with E-state index in [2.05, 4.69) is 39.8 Å². The van der Waals surface area contributed by atoms with Crippen molar-refractivity contribution in [1.82, 2.24) is 26.0 Å². The van der Waals surface area contributed by atoms with Gasteiger partial charge in [-0.25, -0.2) is 17.9 Å². The van der Waals surface area contributed by atoms with E-state index in [0.717, 1.165) is 32.1 Å². The summed E-state index contributed by atoms with van der Waals surface area (Å²) >= 11 is 0. The molecule has 7 N–H and O–H groups in total. The van der Waals surface area contributed by atoms with E-state index in [1.807, 2.05) is 80.3 Å². The number of allylic oxidation sites excluding steroid dienone is 1. The summed E-state index contributed by atoms with van der Waals surface area (Å²) in [7, 11) is -6.32. The Morgan fingerprint density at radius 3 is 1.77 bits per heavy atom. The predicted octanol–water partition coefficient (Wildman–Crippen LogP) is 6.64. The highest BCUT2D eigenvalue weighted by Gasteiger charge is 2.61. The van der Waals surface area contributed by atoms with Crippen molar-refractivity contribution >= 4 is 93.2 Å². The molecule has 0 radical (unpaired) electrons. The van der Waals surface area contributed by atoms with Gasteiger partial charge in [-0.05, 0) is 129 Å². The van der Waals surface area contributed by atoms with Gasteiger partial charge >= 0.3 is 5.97 Å². The van der Waals surface area contributed by atoms with Gasteiger partial charge in [0.15, 0.2) is 12.3 Å². The van der Waals surface area contributed by atoms with Gasteiger partial charge in [0.2, 0.25) is 38.8 Å². The number of ketones is 2. The van der Waals surface area contributed by atoms with Crippen LogP contribution in [-0.4, -0.2) is 188 Å². The maximum Gasteiger partial charge on any atom is 0.345 e. The standard InChI is InChI=1S/C72H102N8O16S3/c1-50-46-53(47-51(2)68(50)96-70(87)67-56-18-8-10-20-60(56)78(61-21-11-9-19-57(61)67)37-15-43-97(88,89)77-36-42-79(5,6)38-16-44-98(90,91)92)69(86)76-33-14-40-80(7,41-17-45-99(93,94)95)39-13-32-73-63(83)22-12-23-64(84)74-34-35-75-65(85)27-24-52-48-54-49-55(81)28-30-71(54,3)59-29-31-72(4)58(66(52)59)25-26-62(72)82/h8-11,18-21,46-47,49,52,58-59,66,77H,12-17,22-45,48H2,1-7H3,(H3-3,73,74,75,76,83,84,85,86,90,91,92,93,94,95)/p+3/t52?,58?,59?,66?,71-,72-,80?/m0/s1. The third-order valence-electron chi connectivity index (χ3n) is 21.7. The highest BCUT2D eigenvalue weighted by atomic mass is 32.2. The number of benzene rings is 3. The molecule has 0 bridgehead atoms. The van der Waals surface area contributed by atoms with Gasteiger partial charge in [-0.1, -0.05) is 43.7 Å². The summed E-state index contributed by atoms with van der Waals surface area (Å²) in [6.07, 6.45) is 10.7. The first-order valence-corrected chi connectivity index (χ1v) is 40.0. The van der Waals surface area contributed by atoms with Crippen molar-refractivity contribution in [3.63, 3.8) is 0 Å². The van der Waals surface area contributed by atoms with Gasteiger partial charge in [0.25, 0.3) is 26.1 Å². The Bertz CT molecular complexity index is 3970. The van der Waals surface area contributed by atoms with E-state index < -0.39 is 42.0 Å². The first-order valence-electron chi connectivity index (χ1n) is 35.2. The maximum atomic E-state index is 14.5. The molecule has 24 nitrogen and oxygen atoms in total. The summed E-state index contributed by atoms with van der Waals surface area (Å²) in [6, 6.07) is 17.9. The Kier molecular flexibility index (Phi) is 26.4. The number of ether oxygens (including phenoxy) is 1. The molecule has 3 aromatic carbocycles. The molecule has 27 heteroatoms. The fourth-order valence-corrected chi connectivity index (χ4v) is 18.4. The fraction of sp³-hybridized carbons (Fsp3) is 0.611. The van der Waals surface area contributed by atoms with Crippen LogP contribution in [0.3, 0.4) is 0 Å². The van der Waals surface area contributed by atoms with Crippen LogP contribution in [0.1, 0.15) is 155 Å². The molecule has 3 fully saturated rings. The smallest absolute Gasteiger partial charge is 0.345 e. The molecule has 5 unspecified atom stereocenters. The maximum absolute atomic E-state index is 14.5. The summed E-state index contributed by atoms with van der Waals surface area (Å²) in [4.78, 5) is 92.7. The lowest BCUT2D eigenvalue weighted by Crippen LogP contribution is -2.53. The Balaban J connectivity index is 0.750. The topological polar surface area (TPSA) is 336 Å². The molecule has 544 valence electrons. The van der Waals surface area contributed by atoms with E-state index in [1.54, 1.807) is 26.0 Å². The summed E-state index contributed by atoms with van der Waals surface area (Å²) in [6.45, 7) is 11.8. The van der Waals surface area contributed by atoms with Crippen molar-refractivity contribution in [2.24, 2.45) is 34.5 Å². The van der Waals surface area contributed by atoms with E-state index in [4.69, 9.17) is 9.29 Å². The van der Waals surface area contributed by atoms with Crippen molar-refractivity contribution in [2.45, 2.75) is 143 Å². The van der Waals surface area contributed by atoms with Crippen LogP contribution in [0.15, 0.2) is 72.3 Å². The Morgan fingerprint density at radius 2 is 1.16 bits per heavy atom. The zero-order valence-corrected chi connectivity index (χ0v) is 61.2. The minimum atomic E-state index is -4.21. The number of quaternary nitrogens is 2. The number of carbonyl (C=O) groups excluding carboxylic acids is 7. The normalized spacial score (nSPS) is 21.6. The third kappa shape index (κ3) is 21.3. The average Bonchev–Trinajstić information content (AvgIpc) is 1.60. The van der Waals surface area contributed by atoms with E-state index in [9.17, 15) is 63.4 Å². The minimum absolute atomic E-state index is 0.0448. The highest BCUT2D eigenvalue weighted by molar-refractivity contribution is 7.89. The summed E-state index contributed by atoms with van der Waals surface area (Å²) in [5.74, 6) is -0.429. The SMILES string of the molecule is Cc1cc(C(=O)NCCC[N+](C)(CCCNC(=O)CCCC(=O)NCCNC(=O)CCC2CC3=CC(=O)CC[C@]3(C)C3CC[C@]4(C)C(=O)CCC4C23)CCCS(=O)(=O)O)cc(C)c1OC(=O)c1c2ccccc2[n+](CCCS(=O)(=O)NCC[N+](C)(C)CCCS(=O)(=O)O)c2ccccc12. The zero-order chi connectivity index (χ0) is 72.1. The quantitative estimate of drug-likeness (QED) is 0.00473. The van der Waals surface area contributed by atoms with Crippen LogP contribution in [-0.2, 0) is 60.8 Å². The molecule has 8 rings (SSSR count). The highest BCUT2D eigenvalue weighted by Crippen LogP contribution is 2.66. The number of pyridine rings is 1. The first-order chi connectivity index (χ1) is 46.6. The van der Waals surface area contributed by atoms with Gasteiger partial charge < -0.3 is 35.0 Å². The number of nitrogens with zero attached hydrogens (tertiary/aromatic N) is 3. The Labute approximate surface area is 584 Å². The van der Waals surface area contributed by atoms with Crippen LogP contribution < -0.4 is 35.3 Å². The van der Waals surface area contributed by atoms with Gasteiger partial charge in [0.1, 0.15) is 11.5 Å². The van der Waals surface area contributed by atoms with Gasteiger partial charge in [-0.15, -0.1) is 0 Å². The summed E-state index contributed by atoms with van der Waals surface area (Å²) in [5.41, 5.74) is 3.99. The Morgan fingerprint density at radius 1 is 0.616 bits per heavy atom. The number of para-hydroxylation sites is 2. The number of hydrogen-bond acceptors (Lipinski definition) is 14. The van der Waals surface area contributed by atoms with Gasteiger partial charge in [-0.2, -0.15) is 21.4 Å². The number of hydrogen-bond donors (Lipinski definition) is 7. The second-order valence-corrected chi connectivity index (χ2v) is 34.6. The molecular weight excluding hydrogens is 1330 g/mol. The monoisotopic (exact) mass is 1430 g/mol. The van der Waals surface area contributed by atoms with E-state index in [-0.39, 0.29) is 122 Å². The van der Waals surface area contributed by atoms with Crippen molar-refractivity contribution < 1.29 is 86.2 Å². The molecule has 0 aliphatic heterocycles. The number of aryl methyl sites for hydroxylation is 3.